The van der Waals surface area contributed by atoms with E-state index in [0.717, 1.165) is 24.8 Å². The lowest BCUT2D eigenvalue weighted by Crippen LogP contribution is -2.18. The van der Waals surface area contributed by atoms with E-state index >= 15 is 0 Å². The molecule has 28 heavy (non-hydrogen) atoms. The second-order valence-corrected chi connectivity index (χ2v) is 11.3. The van der Waals surface area contributed by atoms with Gasteiger partial charge in [-0.25, -0.2) is 4.21 Å². The van der Waals surface area contributed by atoms with Crippen LogP contribution >= 0.6 is 0 Å². The number of benzene rings is 2. The molecule has 1 aliphatic carbocycles. The van der Waals surface area contributed by atoms with Crippen LogP contribution in [0.5, 0.6) is 0 Å². The van der Waals surface area contributed by atoms with Crippen LogP contribution in [0.15, 0.2) is 80.3 Å². The minimum Gasteiger partial charge on any atom is -0.353 e. The first-order valence-electron chi connectivity index (χ1n) is 9.36. The topological polar surface area (TPSA) is 76.1 Å². The summed E-state index contributed by atoms with van der Waals surface area (Å²) >= 11 is 0. The van der Waals surface area contributed by atoms with Gasteiger partial charge in [-0.15, -0.1) is 0 Å². The quantitative estimate of drug-likeness (QED) is 0.537. The summed E-state index contributed by atoms with van der Waals surface area (Å²) in [5, 5.41) is 0. The molecule has 2 aliphatic rings. The number of rotatable bonds is 5. The van der Waals surface area contributed by atoms with Crippen molar-refractivity contribution in [2.45, 2.75) is 47.5 Å². The molecule has 4 atom stereocenters. The van der Waals surface area contributed by atoms with Gasteiger partial charge in [0.25, 0.3) is 10.0 Å². The van der Waals surface area contributed by atoms with Crippen molar-refractivity contribution in [1.82, 2.24) is 0 Å². The van der Waals surface area contributed by atoms with E-state index in [9.17, 15) is 12.6 Å². The van der Waals surface area contributed by atoms with Crippen LogP contribution in [-0.2, 0) is 24.5 Å². The number of sulfonamides is 1. The lowest BCUT2D eigenvalue weighted by atomic mass is 9.93. The number of ether oxygens (including phenoxy) is 1. The first-order valence-corrected chi connectivity index (χ1v) is 12.4. The van der Waals surface area contributed by atoms with Gasteiger partial charge in [-0.05, 0) is 50.5 Å². The lowest BCUT2D eigenvalue weighted by Gasteiger charge is -2.14. The Morgan fingerprint density at radius 3 is 2.32 bits per heavy atom. The van der Waals surface area contributed by atoms with Crippen LogP contribution in [0.1, 0.15) is 24.8 Å². The van der Waals surface area contributed by atoms with Gasteiger partial charge in [0.1, 0.15) is 15.8 Å². The van der Waals surface area contributed by atoms with E-state index in [1.54, 1.807) is 42.5 Å². The molecule has 1 fully saturated rings. The Kier molecular flexibility index (Phi) is 5.16. The third kappa shape index (κ3) is 3.79. The molecule has 4 rings (SSSR count). The highest BCUT2D eigenvalue weighted by Crippen LogP contribution is 2.42. The second-order valence-electron chi connectivity index (χ2n) is 7.24. The molecular weight excluding hydrogens is 394 g/mol. The number of hydrogen-bond acceptors (Lipinski definition) is 4. The third-order valence-electron chi connectivity index (χ3n) is 5.12. The SMILES string of the molecule is Cc1ccc(S(=O)(=O)N=[S@](=O)(c2ccccc2)[C@H]2O[C@H]2C2C=CCCC2)cc1. The monoisotopic (exact) mass is 417 g/mol. The summed E-state index contributed by atoms with van der Waals surface area (Å²) < 4.78 is 49.6. The average molecular weight is 418 g/mol. The van der Waals surface area contributed by atoms with Crippen molar-refractivity contribution in [2.75, 3.05) is 0 Å². The zero-order chi connectivity index (χ0) is 19.8. The van der Waals surface area contributed by atoms with Crippen molar-refractivity contribution in [3.8, 4) is 0 Å². The van der Waals surface area contributed by atoms with Gasteiger partial charge in [-0.3, -0.25) is 0 Å². The van der Waals surface area contributed by atoms with Gasteiger partial charge in [-0.1, -0.05) is 51.8 Å². The van der Waals surface area contributed by atoms with Gasteiger partial charge >= 0.3 is 0 Å². The van der Waals surface area contributed by atoms with Gasteiger partial charge in [-0.2, -0.15) is 8.42 Å². The van der Waals surface area contributed by atoms with Crippen LogP contribution in [0.25, 0.3) is 0 Å². The fraction of sp³-hybridized carbons (Fsp3) is 0.333. The Labute approximate surface area is 166 Å². The molecule has 2 aromatic carbocycles. The van der Waals surface area contributed by atoms with Crippen LogP contribution in [0.4, 0.5) is 0 Å². The maximum atomic E-state index is 14.0. The zero-order valence-corrected chi connectivity index (χ0v) is 17.2. The van der Waals surface area contributed by atoms with E-state index < -0.39 is 25.2 Å². The highest BCUT2D eigenvalue weighted by Gasteiger charge is 2.52. The summed E-state index contributed by atoms with van der Waals surface area (Å²) in [6, 6.07) is 15.0. The Morgan fingerprint density at radius 2 is 1.68 bits per heavy atom. The first kappa shape index (κ1) is 19.4. The number of allylic oxidation sites excluding steroid dienone is 1. The van der Waals surface area contributed by atoms with E-state index in [-0.39, 0.29) is 16.9 Å². The lowest BCUT2D eigenvalue weighted by molar-refractivity contribution is 0.338. The molecule has 0 radical (unpaired) electrons. The molecule has 0 N–H and O–H groups in total. The molecule has 1 unspecified atom stereocenters. The fourth-order valence-corrected chi connectivity index (χ4v) is 7.85. The van der Waals surface area contributed by atoms with E-state index in [1.165, 1.54) is 12.1 Å². The molecule has 1 heterocycles. The summed E-state index contributed by atoms with van der Waals surface area (Å²) in [4.78, 5) is 0.425. The molecule has 7 heteroatoms. The molecule has 1 saturated heterocycles. The molecule has 0 bridgehead atoms. The summed E-state index contributed by atoms with van der Waals surface area (Å²) in [6.45, 7) is 1.88. The first-order chi connectivity index (χ1) is 13.4. The van der Waals surface area contributed by atoms with Crippen molar-refractivity contribution in [1.29, 1.82) is 0 Å². The number of nitrogens with zero attached hydrogens (tertiary/aromatic N) is 1. The van der Waals surface area contributed by atoms with Crippen molar-refractivity contribution in [3.05, 3.63) is 72.3 Å². The van der Waals surface area contributed by atoms with Crippen LogP contribution < -0.4 is 0 Å². The maximum Gasteiger partial charge on any atom is 0.290 e. The molecule has 0 aromatic heterocycles. The summed E-state index contributed by atoms with van der Waals surface area (Å²) in [7, 11) is -7.40. The smallest absolute Gasteiger partial charge is 0.290 e. The molecule has 2 aromatic rings. The van der Waals surface area contributed by atoms with Gasteiger partial charge in [0, 0.05) is 5.92 Å². The fourth-order valence-electron chi connectivity index (χ4n) is 3.52. The van der Waals surface area contributed by atoms with Gasteiger partial charge in [0.2, 0.25) is 0 Å². The Hall–Kier alpha value is -1.96. The maximum absolute atomic E-state index is 14.0. The van der Waals surface area contributed by atoms with Gasteiger partial charge < -0.3 is 4.74 Å². The summed E-state index contributed by atoms with van der Waals surface area (Å²) in [6.07, 6.45) is 6.98. The number of aryl methyl sites for hydroxylation is 1. The van der Waals surface area contributed by atoms with Gasteiger partial charge in [0.05, 0.1) is 9.79 Å². The standard InChI is InChI=1S/C21H23NO4S2/c1-16-12-14-19(15-13-16)28(24,25)22-27(23,18-10-6-3-7-11-18)21-20(26-21)17-8-4-2-5-9-17/h3-4,6-8,10-15,17,20-21H,2,5,9H2,1H3/t17?,20-,21+,27-/m0/s1. The van der Waals surface area contributed by atoms with Crippen molar-refractivity contribution in [3.63, 3.8) is 0 Å². The van der Waals surface area contributed by atoms with Crippen molar-refractivity contribution >= 4 is 19.8 Å². The highest BCUT2D eigenvalue weighted by atomic mass is 32.3. The van der Waals surface area contributed by atoms with E-state index in [2.05, 4.69) is 15.9 Å². The molecule has 0 saturated carbocycles. The average Bonchev–Trinajstić information content (AvgIpc) is 3.51. The minimum absolute atomic E-state index is 0.0384. The normalized spacial score (nSPS) is 26.4. The summed E-state index contributed by atoms with van der Waals surface area (Å²) in [5.41, 5.74) is 0.222. The predicted molar refractivity (Wildman–Crippen MR) is 109 cm³/mol. The summed E-state index contributed by atoms with van der Waals surface area (Å²) in [5.74, 6) is 0.153. The van der Waals surface area contributed by atoms with Crippen LogP contribution in [-0.4, -0.2) is 24.2 Å². The predicted octanol–water partition coefficient (Wildman–Crippen LogP) is 4.29. The van der Waals surface area contributed by atoms with E-state index in [0.29, 0.717) is 4.90 Å². The Morgan fingerprint density at radius 1 is 0.964 bits per heavy atom. The molecule has 0 amide bonds. The third-order valence-corrected chi connectivity index (χ3v) is 9.62. The molecule has 148 valence electrons. The van der Waals surface area contributed by atoms with Crippen LogP contribution in [0.3, 0.4) is 0 Å². The number of epoxide rings is 1. The second kappa shape index (κ2) is 7.46. The molecule has 0 spiro atoms. The van der Waals surface area contributed by atoms with E-state index in [4.69, 9.17) is 4.74 Å². The van der Waals surface area contributed by atoms with Crippen LogP contribution in [0.2, 0.25) is 0 Å². The van der Waals surface area contributed by atoms with Gasteiger partial charge in [0.15, 0.2) is 5.44 Å². The number of hydrogen-bond donors (Lipinski definition) is 0. The van der Waals surface area contributed by atoms with E-state index in [1.807, 2.05) is 6.92 Å². The highest BCUT2D eigenvalue weighted by molar-refractivity contribution is 8.03. The van der Waals surface area contributed by atoms with Crippen molar-refractivity contribution < 1.29 is 17.4 Å². The zero-order valence-electron chi connectivity index (χ0n) is 15.6. The van der Waals surface area contributed by atoms with Crippen LogP contribution in [0, 0.1) is 12.8 Å². The Balaban J connectivity index is 1.77. The minimum atomic E-state index is -4.09. The molecule has 5 nitrogen and oxygen atoms in total. The molecule has 1 aliphatic heterocycles. The largest absolute Gasteiger partial charge is 0.353 e. The Bertz CT molecular complexity index is 1100. The molecular formula is C21H23NO4S2. The van der Waals surface area contributed by atoms with Crippen molar-refractivity contribution in [2.24, 2.45) is 9.69 Å².